The Kier molecular flexibility index (Phi) is 8.72. The average Bonchev–Trinajstić information content (AvgIpc) is 3.00. The van der Waals surface area contributed by atoms with Crippen molar-refractivity contribution in [3.05, 3.63) is 115 Å². The van der Waals surface area contributed by atoms with Crippen LogP contribution in [0.3, 0.4) is 0 Å². The minimum absolute atomic E-state index is 0.143. The predicted octanol–water partition coefficient (Wildman–Crippen LogP) is 8.19. The van der Waals surface area contributed by atoms with Crippen LogP contribution >= 0.6 is 34.2 Å². The zero-order valence-corrected chi connectivity index (χ0v) is 26.5. The number of benzene rings is 3. The topological polar surface area (TPSA) is 55.8 Å². The lowest BCUT2D eigenvalue weighted by Crippen LogP contribution is -2.40. The zero-order chi connectivity index (χ0) is 29.2. The van der Waals surface area contributed by atoms with E-state index in [1.165, 1.54) is 5.56 Å². The highest BCUT2D eigenvalue weighted by atomic mass is 127. The van der Waals surface area contributed by atoms with Crippen molar-refractivity contribution in [1.29, 1.82) is 0 Å². The first-order valence-corrected chi connectivity index (χ1v) is 16.0. The van der Waals surface area contributed by atoms with Crippen LogP contribution in [0.1, 0.15) is 61.1 Å². The molecule has 0 amide bonds. The van der Waals surface area contributed by atoms with Crippen LogP contribution < -0.4 is 9.47 Å². The van der Waals surface area contributed by atoms with E-state index in [1.807, 2.05) is 42.5 Å². The molecule has 0 radical (unpaired) electrons. The molecule has 0 fully saturated rings. The number of ketones is 2. The van der Waals surface area contributed by atoms with Crippen LogP contribution in [0.4, 0.5) is 0 Å². The van der Waals surface area contributed by atoms with E-state index < -0.39 is 5.92 Å². The van der Waals surface area contributed by atoms with Gasteiger partial charge >= 0.3 is 0 Å². The Morgan fingerprint density at radius 1 is 0.881 bits per heavy atom. The average molecular weight is 694 g/mol. The molecule has 0 saturated heterocycles. The SMILES string of the molecule is COc1cc(C2C3=C(CCCC3=O)N(CCc3ccccc3)C3=C2C(=O)CCC3)cc(I)c1OCc1ccccc1Cl. The highest BCUT2D eigenvalue weighted by Gasteiger charge is 2.43. The van der Waals surface area contributed by atoms with Crippen molar-refractivity contribution in [3.63, 3.8) is 0 Å². The van der Waals surface area contributed by atoms with E-state index in [2.05, 4.69) is 51.8 Å². The lowest BCUT2D eigenvalue weighted by atomic mass is 9.71. The lowest BCUT2D eigenvalue weighted by molar-refractivity contribution is -0.117. The van der Waals surface area contributed by atoms with Crippen molar-refractivity contribution in [2.75, 3.05) is 13.7 Å². The van der Waals surface area contributed by atoms with Gasteiger partial charge in [-0.2, -0.15) is 0 Å². The molecule has 7 heteroatoms. The third-order valence-electron chi connectivity index (χ3n) is 8.47. The molecule has 1 aliphatic heterocycles. The molecule has 3 aromatic carbocycles. The summed E-state index contributed by atoms with van der Waals surface area (Å²) in [5.74, 6) is 1.08. The molecule has 0 spiro atoms. The maximum absolute atomic E-state index is 13.7. The van der Waals surface area contributed by atoms with Crippen LogP contribution in [0.5, 0.6) is 11.5 Å². The Hall–Kier alpha value is -3.10. The van der Waals surface area contributed by atoms with Crippen molar-refractivity contribution >= 4 is 45.8 Å². The predicted molar refractivity (Wildman–Crippen MR) is 173 cm³/mol. The van der Waals surface area contributed by atoms with E-state index in [-0.39, 0.29) is 11.6 Å². The first kappa shape index (κ1) is 29.0. The number of methoxy groups -OCH3 is 1. The molecule has 0 unspecified atom stereocenters. The minimum Gasteiger partial charge on any atom is -0.493 e. The fourth-order valence-corrected chi connectivity index (χ4v) is 7.49. The van der Waals surface area contributed by atoms with Gasteiger partial charge < -0.3 is 14.4 Å². The lowest BCUT2D eigenvalue weighted by Gasteiger charge is -2.44. The summed E-state index contributed by atoms with van der Waals surface area (Å²) in [6.07, 6.45) is 5.20. The molecule has 0 bridgehead atoms. The molecular formula is C35H33ClINO4. The number of allylic oxidation sites excluding steroid dienone is 4. The Balaban J connectivity index is 1.41. The second-order valence-corrected chi connectivity index (χ2v) is 12.6. The summed E-state index contributed by atoms with van der Waals surface area (Å²) in [6.45, 7) is 1.05. The van der Waals surface area contributed by atoms with Gasteiger partial charge in [0.05, 0.1) is 10.7 Å². The second-order valence-electron chi connectivity index (χ2n) is 11.0. The van der Waals surface area contributed by atoms with E-state index in [0.29, 0.717) is 36.0 Å². The Labute approximate surface area is 265 Å². The van der Waals surface area contributed by atoms with Crippen molar-refractivity contribution in [2.24, 2.45) is 0 Å². The molecule has 6 rings (SSSR count). The van der Waals surface area contributed by atoms with E-state index in [9.17, 15) is 9.59 Å². The van der Waals surface area contributed by atoms with E-state index >= 15 is 0 Å². The molecule has 216 valence electrons. The highest BCUT2D eigenvalue weighted by molar-refractivity contribution is 14.1. The van der Waals surface area contributed by atoms with Crippen molar-refractivity contribution in [1.82, 2.24) is 4.90 Å². The number of hydrogen-bond donors (Lipinski definition) is 0. The Morgan fingerprint density at radius 2 is 1.52 bits per heavy atom. The van der Waals surface area contributed by atoms with Crippen molar-refractivity contribution in [2.45, 2.75) is 57.5 Å². The molecule has 5 nitrogen and oxygen atoms in total. The summed E-state index contributed by atoms with van der Waals surface area (Å²) < 4.78 is 12.9. The molecular weight excluding hydrogens is 661 g/mol. The molecule has 0 aromatic heterocycles. The zero-order valence-electron chi connectivity index (χ0n) is 23.6. The molecule has 0 N–H and O–H groups in total. The third kappa shape index (κ3) is 5.63. The van der Waals surface area contributed by atoms with E-state index in [1.54, 1.807) is 7.11 Å². The molecule has 3 aliphatic rings. The maximum Gasteiger partial charge on any atom is 0.174 e. The number of rotatable bonds is 8. The van der Waals surface area contributed by atoms with Crippen LogP contribution in [-0.2, 0) is 22.6 Å². The standard InChI is InChI=1S/C35H33ClINO4/c1-41-31-20-24(19-26(37)35(31)42-21-23-11-5-6-12-25(23)36)32-33-27(13-7-15-29(33)39)38(18-17-22-9-3-2-4-10-22)28-14-8-16-30(40)34(28)32/h2-6,9-12,19-20,32H,7-8,13-18,21H2,1H3. The molecule has 3 aromatic rings. The summed E-state index contributed by atoms with van der Waals surface area (Å²) >= 11 is 8.63. The van der Waals surface area contributed by atoms with Crippen molar-refractivity contribution in [3.8, 4) is 11.5 Å². The van der Waals surface area contributed by atoms with Gasteiger partial charge in [-0.05, 0) is 84.0 Å². The third-order valence-corrected chi connectivity index (χ3v) is 9.64. The van der Waals surface area contributed by atoms with Crippen LogP contribution in [0.2, 0.25) is 5.02 Å². The Morgan fingerprint density at radius 3 is 2.17 bits per heavy atom. The number of hydrogen-bond acceptors (Lipinski definition) is 5. The van der Waals surface area contributed by atoms with E-state index in [4.69, 9.17) is 21.1 Å². The molecule has 0 atom stereocenters. The summed E-state index contributed by atoms with van der Waals surface area (Å²) in [7, 11) is 1.62. The quantitative estimate of drug-likeness (QED) is 0.223. The molecule has 1 heterocycles. The fourth-order valence-electron chi connectivity index (χ4n) is 6.52. The van der Waals surface area contributed by atoms with Crippen LogP contribution in [0, 0.1) is 3.57 Å². The van der Waals surface area contributed by atoms with Crippen LogP contribution in [0.25, 0.3) is 0 Å². The number of carbonyl (C=O) groups is 2. The van der Waals surface area contributed by atoms with Gasteiger partial charge in [-0.25, -0.2) is 0 Å². The van der Waals surface area contributed by atoms with Gasteiger partial charge in [0.15, 0.2) is 23.1 Å². The van der Waals surface area contributed by atoms with Crippen molar-refractivity contribution < 1.29 is 19.1 Å². The van der Waals surface area contributed by atoms with Gasteiger partial charge in [0.25, 0.3) is 0 Å². The summed E-state index contributed by atoms with van der Waals surface area (Å²) in [5, 5.41) is 0.646. The monoisotopic (exact) mass is 693 g/mol. The number of halogens is 2. The first-order valence-electron chi connectivity index (χ1n) is 14.5. The largest absolute Gasteiger partial charge is 0.493 e. The summed E-state index contributed by atoms with van der Waals surface area (Å²) in [4.78, 5) is 29.8. The van der Waals surface area contributed by atoms with Gasteiger partial charge in [0, 0.05) is 58.4 Å². The molecule has 0 saturated carbocycles. The minimum atomic E-state index is -0.399. The number of ether oxygens (including phenoxy) is 2. The van der Waals surface area contributed by atoms with E-state index in [0.717, 1.165) is 75.9 Å². The summed E-state index contributed by atoms with van der Waals surface area (Å²) in [6, 6.07) is 22.0. The summed E-state index contributed by atoms with van der Waals surface area (Å²) in [5.41, 5.74) is 6.78. The Bertz CT molecular complexity index is 1550. The fraction of sp³-hybridized carbons (Fsp3) is 0.314. The smallest absolute Gasteiger partial charge is 0.174 e. The van der Waals surface area contributed by atoms with Gasteiger partial charge in [0.1, 0.15) is 6.61 Å². The normalized spacial score (nSPS) is 17.4. The van der Waals surface area contributed by atoms with Crippen LogP contribution in [0.15, 0.2) is 89.3 Å². The van der Waals surface area contributed by atoms with Gasteiger partial charge in [-0.15, -0.1) is 0 Å². The molecule has 2 aliphatic carbocycles. The number of carbonyl (C=O) groups excluding carboxylic acids is 2. The van der Waals surface area contributed by atoms with Gasteiger partial charge in [-0.1, -0.05) is 60.1 Å². The highest BCUT2D eigenvalue weighted by Crippen LogP contribution is 2.50. The van der Waals surface area contributed by atoms with Gasteiger partial charge in [0.2, 0.25) is 0 Å². The van der Waals surface area contributed by atoms with Gasteiger partial charge in [-0.3, -0.25) is 9.59 Å². The number of nitrogens with zero attached hydrogens (tertiary/aromatic N) is 1. The maximum atomic E-state index is 13.7. The first-order chi connectivity index (χ1) is 20.5. The van der Waals surface area contributed by atoms with Crippen LogP contribution in [-0.4, -0.2) is 30.1 Å². The second kappa shape index (κ2) is 12.6. The number of Topliss-reactive ketones (excluding diaryl/α,β-unsaturated/α-hetero) is 2. The molecule has 42 heavy (non-hydrogen) atoms.